The van der Waals surface area contributed by atoms with Crippen LogP contribution < -0.4 is 0 Å². The Balaban J connectivity index is 2.40. The maximum absolute atomic E-state index is 13.6. The average Bonchev–Trinajstić information content (AvgIpc) is 2.70. The lowest BCUT2D eigenvalue weighted by molar-refractivity contribution is -0.116. The second-order valence-electron chi connectivity index (χ2n) is 3.89. The van der Waals surface area contributed by atoms with E-state index < -0.39 is 11.6 Å². The van der Waals surface area contributed by atoms with Gasteiger partial charge in [-0.2, -0.15) is 0 Å². The van der Waals surface area contributed by atoms with Crippen molar-refractivity contribution in [2.24, 2.45) is 0 Å². The van der Waals surface area contributed by atoms with Crippen molar-refractivity contribution in [3.8, 4) is 11.3 Å². The average molecular weight is 315 g/mol. The molecule has 2 nitrogen and oxygen atoms in total. The van der Waals surface area contributed by atoms with Gasteiger partial charge < -0.3 is 4.42 Å². The highest BCUT2D eigenvalue weighted by atomic mass is 79.9. The number of carbonyl (C=O) groups excluding carboxylic acids is 1. The highest BCUT2D eigenvalue weighted by molar-refractivity contribution is 9.10. The van der Waals surface area contributed by atoms with E-state index in [1.807, 2.05) is 0 Å². The molecule has 94 valence electrons. The van der Waals surface area contributed by atoms with Crippen molar-refractivity contribution >= 4 is 21.7 Å². The summed E-state index contributed by atoms with van der Waals surface area (Å²) in [6, 6.07) is 5.25. The molecule has 0 saturated carbocycles. The van der Waals surface area contributed by atoms with Gasteiger partial charge in [0.2, 0.25) is 0 Å². The molecular weight excluding hydrogens is 306 g/mol. The molecule has 1 aromatic carbocycles. The standard InChI is InChI=1S/C13H9BrF2O2/c1-7(17)4-8-2-3-13(18-8)9-5-10(14)12(16)6-11(9)15/h2-3,5-6H,4H2,1H3. The van der Waals surface area contributed by atoms with Crippen LogP contribution in [-0.2, 0) is 11.2 Å². The molecule has 2 aromatic rings. The van der Waals surface area contributed by atoms with Crippen LogP contribution in [0.3, 0.4) is 0 Å². The smallest absolute Gasteiger partial charge is 0.140 e. The molecule has 0 atom stereocenters. The molecule has 2 rings (SSSR count). The van der Waals surface area contributed by atoms with Gasteiger partial charge in [0, 0.05) is 6.07 Å². The molecule has 0 unspecified atom stereocenters. The van der Waals surface area contributed by atoms with Crippen LogP contribution in [0.15, 0.2) is 33.2 Å². The number of Topliss-reactive ketones (excluding diaryl/α,β-unsaturated/α-hetero) is 1. The molecule has 0 aliphatic carbocycles. The molecule has 5 heteroatoms. The molecule has 0 fully saturated rings. The van der Waals surface area contributed by atoms with Gasteiger partial charge in [-0.15, -0.1) is 0 Å². The van der Waals surface area contributed by atoms with Gasteiger partial charge in [-0.25, -0.2) is 8.78 Å². The number of hydrogen-bond donors (Lipinski definition) is 0. The van der Waals surface area contributed by atoms with Gasteiger partial charge >= 0.3 is 0 Å². The van der Waals surface area contributed by atoms with E-state index in [1.165, 1.54) is 13.0 Å². The van der Waals surface area contributed by atoms with Crippen molar-refractivity contribution in [1.29, 1.82) is 0 Å². The van der Waals surface area contributed by atoms with Crippen molar-refractivity contribution in [3.63, 3.8) is 0 Å². The number of ketones is 1. The van der Waals surface area contributed by atoms with Gasteiger partial charge in [0.25, 0.3) is 0 Å². The first-order valence-electron chi connectivity index (χ1n) is 5.20. The third-order valence-corrected chi connectivity index (χ3v) is 2.97. The summed E-state index contributed by atoms with van der Waals surface area (Å²) in [4.78, 5) is 10.9. The van der Waals surface area contributed by atoms with Crippen LogP contribution >= 0.6 is 15.9 Å². The fourth-order valence-electron chi connectivity index (χ4n) is 1.57. The van der Waals surface area contributed by atoms with Gasteiger partial charge in [-0.3, -0.25) is 4.79 Å². The molecule has 0 aliphatic heterocycles. The zero-order valence-electron chi connectivity index (χ0n) is 9.47. The Labute approximate surface area is 111 Å². The van der Waals surface area contributed by atoms with Crippen LogP contribution in [0.2, 0.25) is 0 Å². The number of rotatable bonds is 3. The fourth-order valence-corrected chi connectivity index (χ4v) is 1.92. The van der Waals surface area contributed by atoms with Crippen molar-refractivity contribution in [1.82, 2.24) is 0 Å². The lowest BCUT2D eigenvalue weighted by atomic mass is 10.1. The number of carbonyl (C=O) groups is 1. The van der Waals surface area contributed by atoms with E-state index >= 15 is 0 Å². The van der Waals surface area contributed by atoms with E-state index in [0.29, 0.717) is 5.76 Å². The van der Waals surface area contributed by atoms with Crippen LogP contribution in [0.5, 0.6) is 0 Å². The number of furan rings is 1. The molecule has 1 heterocycles. The van der Waals surface area contributed by atoms with Gasteiger partial charge in [-0.05, 0) is 41.1 Å². The van der Waals surface area contributed by atoms with Gasteiger partial charge in [0.15, 0.2) is 0 Å². The largest absolute Gasteiger partial charge is 0.461 e. The van der Waals surface area contributed by atoms with Crippen molar-refractivity contribution in [3.05, 3.63) is 46.1 Å². The fraction of sp³-hybridized carbons (Fsp3) is 0.154. The Hall–Kier alpha value is -1.49. The van der Waals surface area contributed by atoms with Crippen LogP contribution in [-0.4, -0.2) is 5.78 Å². The molecule has 0 radical (unpaired) electrons. The first-order chi connectivity index (χ1) is 8.47. The van der Waals surface area contributed by atoms with Crippen LogP contribution in [0.25, 0.3) is 11.3 Å². The second kappa shape index (κ2) is 5.02. The van der Waals surface area contributed by atoms with E-state index in [4.69, 9.17) is 4.42 Å². The summed E-state index contributed by atoms with van der Waals surface area (Å²) in [5.41, 5.74) is 0.151. The quantitative estimate of drug-likeness (QED) is 0.798. The summed E-state index contributed by atoms with van der Waals surface area (Å²) >= 11 is 2.99. The van der Waals surface area contributed by atoms with Crippen molar-refractivity contribution < 1.29 is 18.0 Å². The molecule has 0 saturated heterocycles. The molecular formula is C13H9BrF2O2. The van der Waals surface area contributed by atoms with Crippen LogP contribution in [0.4, 0.5) is 8.78 Å². The van der Waals surface area contributed by atoms with Gasteiger partial charge in [0.1, 0.15) is 28.9 Å². The minimum Gasteiger partial charge on any atom is -0.461 e. The van der Waals surface area contributed by atoms with Crippen LogP contribution in [0.1, 0.15) is 12.7 Å². The highest BCUT2D eigenvalue weighted by Gasteiger charge is 2.14. The predicted molar refractivity (Wildman–Crippen MR) is 66.1 cm³/mol. The predicted octanol–water partition coefficient (Wildman–Crippen LogP) is 4.12. The first kappa shape index (κ1) is 13.0. The minimum atomic E-state index is -0.709. The summed E-state index contributed by atoms with van der Waals surface area (Å²) in [6.45, 7) is 1.44. The molecule has 0 aliphatic rings. The third kappa shape index (κ3) is 2.67. The maximum Gasteiger partial charge on any atom is 0.140 e. The zero-order chi connectivity index (χ0) is 13.3. The van der Waals surface area contributed by atoms with E-state index in [9.17, 15) is 13.6 Å². The highest BCUT2D eigenvalue weighted by Crippen LogP contribution is 2.29. The summed E-state index contributed by atoms with van der Waals surface area (Å²) in [7, 11) is 0. The Morgan fingerprint density at radius 2 is 2.00 bits per heavy atom. The summed E-state index contributed by atoms with van der Waals surface area (Å²) in [5.74, 6) is -0.704. The Morgan fingerprint density at radius 3 is 2.67 bits per heavy atom. The first-order valence-corrected chi connectivity index (χ1v) is 5.99. The Bertz CT molecular complexity index is 605. The van der Waals surface area contributed by atoms with Crippen molar-refractivity contribution in [2.75, 3.05) is 0 Å². The molecule has 0 amide bonds. The van der Waals surface area contributed by atoms with E-state index in [0.717, 1.165) is 6.07 Å². The van der Waals surface area contributed by atoms with E-state index in [1.54, 1.807) is 12.1 Å². The topological polar surface area (TPSA) is 30.2 Å². The zero-order valence-corrected chi connectivity index (χ0v) is 11.1. The monoisotopic (exact) mass is 314 g/mol. The SMILES string of the molecule is CC(=O)Cc1ccc(-c2cc(Br)c(F)cc2F)o1. The van der Waals surface area contributed by atoms with Gasteiger partial charge in [0.05, 0.1) is 16.5 Å². The lowest BCUT2D eigenvalue weighted by Gasteiger charge is -2.02. The molecule has 0 N–H and O–H groups in total. The number of halogens is 3. The lowest BCUT2D eigenvalue weighted by Crippen LogP contribution is -1.93. The summed E-state index contributed by atoms with van der Waals surface area (Å²) < 4.78 is 32.2. The maximum atomic E-state index is 13.6. The van der Waals surface area contributed by atoms with E-state index in [2.05, 4.69) is 15.9 Å². The molecule has 0 bridgehead atoms. The second-order valence-corrected chi connectivity index (χ2v) is 4.75. The number of benzene rings is 1. The van der Waals surface area contributed by atoms with Crippen LogP contribution in [0, 0.1) is 11.6 Å². The van der Waals surface area contributed by atoms with Crippen molar-refractivity contribution in [2.45, 2.75) is 13.3 Å². The third-order valence-electron chi connectivity index (χ3n) is 2.36. The normalized spacial score (nSPS) is 10.7. The van der Waals surface area contributed by atoms with Gasteiger partial charge in [-0.1, -0.05) is 0 Å². The molecule has 0 spiro atoms. The molecule has 18 heavy (non-hydrogen) atoms. The molecule has 1 aromatic heterocycles. The van der Waals surface area contributed by atoms with E-state index in [-0.39, 0.29) is 28.0 Å². The summed E-state index contributed by atoms with van der Waals surface area (Å²) in [6.07, 6.45) is 0.157. The minimum absolute atomic E-state index is 0.0448. The summed E-state index contributed by atoms with van der Waals surface area (Å²) in [5, 5.41) is 0. The number of hydrogen-bond acceptors (Lipinski definition) is 2. The Morgan fingerprint density at radius 1 is 1.28 bits per heavy atom. The Kier molecular flexibility index (Phi) is 3.61.